The van der Waals surface area contributed by atoms with Gasteiger partial charge in [0.2, 0.25) is 8.87 Å². The molecule has 2 unspecified atom stereocenters. The Morgan fingerprint density at radius 2 is 1.62 bits per heavy atom. The van der Waals surface area contributed by atoms with Crippen molar-refractivity contribution < 1.29 is 17.9 Å². The molecule has 94 valence electrons. The van der Waals surface area contributed by atoms with Gasteiger partial charge in [-0.2, -0.15) is 0 Å². The van der Waals surface area contributed by atoms with E-state index in [1.165, 1.54) is 0 Å². The van der Waals surface area contributed by atoms with Crippen LogP contribution in [0.25, 0.3) is 0 Å². The summed E-state index contributed by atoms with van der Waals surface area (Å²) in [6, 6.07) is 0. The third-order valence-electron chi connectivity index (χ3n) is 3.64. The number of rotatable bonds is 2. The van der Waals surface area contributed by atoms with Crippen molar-refractivity contribution >= 4 is 19.7 Å². The Kier molecular flexibility index (Phi) is 3.83. The molecule has 0 radical (unpaired) electrons. The molecule has 0 spiro atoms. The second-order valence-corrected chi connectivity index (χ2v) is 8.80. The van der Waals surface area contributed by atoms with E-state index in [1.807, 2.05) is 0 Å². The fourth-order valence-corrected chi connectivity index (χ4v) is 6.47. The minimum atomic E-state index is -2.89. The van der Waals surface area contributed by atoms with Gasteiger partial charge in [-0.05, 0) is 35.5 Å². The molecule has 1 aliphatic carbocycles. The number of hydrogen-bond donors (Lipinski definition) is 0. The van der Waals surface area contributed by atoms with Gasteiger partial charge in [0.15, 0.2) is 0 Å². The minimum absolute atomic E-state index is 0.0459. The Morgan fingerprint density at radius 3 is 2.19 bits per heavy atom. The summed E-state index contributed by atoms with van der Waals surface area (Å²) in [5.41, 5.74) is 0. The summed E-state index contributed by atoms with van der Waals surface area (Å²) in [4.78, 5) is 0. The maximum atomic E-state index is 11.5. The molecule has 1 saturated carbocycles. The first-order chi connectivity index (χ1) is 7.55. The summed E-state index contributed by atoms with van der Waals surface area (Å²) < 4.78 is 33.9. The highest BCUT2D eigenvalue weighted by atomic mass is 33.1. The molecule has 4 atom stereocenters. The van der Waals surface area contributed by atoms with Crippen molar-refractivity contribution in [1.82, 2.24) is 0 Å². The Bertz CT molecular complexity index is 341. The van der Waals surface area contributed by atoms with Crippen molar-refractivity contribution in [3.63, 3.8) is 0 Å². The molecule has 0 bridgehead atoms. The van der Waals surface area contributed by atoms with Gasteiger partial charge in [0.05, 0.1) is 18.0 Å². The lowest BCUT2D eigenvalue weighted by Crippen LogP contribution is -2.45. The van der Waals surface area contributed by atoms with Gasteiger partial charge in [-0.3, -0.25) is 0 Å². The van der Waals surface area contributed by atoms with Crippen LogP contribution < -0.4 is 0 Å². The van der Waals surface area contributed by atoms with E-state index in [0.717, 1.165) is 23.6 Å². The van der Waals surface area contributed by atoms with Gasteiger partial charge in [0.25, 0.3) is 0 Å². The van der Waals surface area contributed by atoms with Gasteiger partial charge in [-0.25, -0.2) is 8.42 Å². The van der Waals surface area contributed by atoms with Gasteiger partial charge >= 0.3 is 0 Å². The van der Waals surface area contributed by atoms with E-state index in [2.05, 4.69) is 0 Å². The van der Waals surface area contributed by atoms with Gasteiger partial charge in [0, 0.05) is 20.0 Å². The number of methoxy groups -OCH3 is 2. The molecule has 4 nitrogen and oxygen atoms in total. The molecule has 2 aliphatic rings. The van der Waals surface area contributed by atoms with E-state index < -0.39 is 8.87 Å². The second kappa shape index (κ2) is 4.84. The zero-order chi connectivity index (χ0) is 11.8. The minimum Gasteiger partial charge on any atom is -0.379 e. The number of hydrogen-bond acceptors (Lipinski definition) is 5. The standard InChI is InChI=1S/C10H18O4S2/c1-13-9-3-7-5-15-16(11,12)6-8(7)4-10(9)14-2/h7-10H,3-6H2,1-2H3/t7?,8?,9-,10-/m0/s1. The largest absolute Gasteiger partial charge is 0.379 e. The predicted molar refractivity (Wildman–Crippen MR) is 64.1 cm³/mol. The van der Waals surface area contributed by atoms with Gasteiger partial charge in [-0.15, -0.1) is 0 Å². The topological polar surface area (TPSA) is 52.6 Å². The third-order valence-corrected chi connectivity index (χ3v) is 7.29. The normalized spacial score (nSPS) is 42.6. The first-order valence-electron chi connectivity index (χ1n) is 5.48. The molecule has 1 saturated heterocycles. The molecule has 1 aliphatic heterocycles. The van der Waals surface area contributed by atoms with Crippen molar-refractivity contribution in [1.29, 1.82) is 0 Å². The average Bonchev–Trinajstić information content (AvgIpc) is 2.26. The summed E-state index contributed by atoms with van der Waals surface area (Å²) in [7, 11) is 1.58. The van der Waals surface area contributed by atoms with E-state index >= 15 is 0 Å². The van der Waals surface area contributed by atoms with Crippen LogP contribution in [0.3, 0.4) is 0 Å². The number of fused-ring (bicyclic) bond motifs is 1. The Morgan fingerprint density at radius 1 is 1.06 bits per heavy atom. The SMILES string of the molecule is CO[C@H]1CC2CSS(=O)(=O)CC2C[C@@H]1OC. The molecular formula is C10H18O4S2. The van der Waals surface area contributed by atoms with Crippen LogP contribution in [0.5, 0.6) is 0 Å². The van der Waals surface area contributed by atoms with Crippen molar-refractivity contribution in [2.75, 3.05) is 25.7 Å². The first-order valence-corrected chi connectivity index (χ1v) is 8.64. The van der Waals surface area contributed by atoms with Crippen molar-refractivity contribution in [2.45, 2.75) is 25.0 Å². The highest BCUT2D eigenvalue weighted by Crippen LogP contribution is 2.41. The van der Waals surface area contributed by atoms with Gasteiger partial charge in [0.1, 0.15) is 0 Å². The van der Waals surface area contributed by atoms with Crippen LogP contribution in [0.4, 0.5) is 0 Å². The molecule has 0 aromatic heterocycles. The maximum Gasteiger partial charge on any atom is 0.201 e. The maximum absolute atomic E-state index is 11.5. The third kappa shape index (κ3) is 2.55. The zero-order valence-electron chi connectivity index (χ0n) is 9.59. The molecule has 1 heterocycles. The van der Waals surface area contributed by atoms with E-state index in [-0.39, 0.29) is 18.1 Å². The Hall–Kier alpha value is 0.220. The summed E-state index contributed by atoms with van der Waals surface area (Å²) >= 11 is 0. The van der Waals surface area contributed by atoms with Crippen LogP contribution in [0.2, 0.25) is 0 Å². The van der Waals surface area contributed by atoms with Crippen LogP contribution in [-0.4, -0.2) is 46.4 Å². The smallest absolute Gasteiger partial charge is 0.201 e. The highest BCUT2D eigenvalue weighted by Gasteiger charge is 2.42. The fraction of sp³-hybridized carbons (Fsp3) is 1.00. The van der Waals surface area contributed by atoms with Crippen LogP contribution in [0.15, 0.2) is 0 Å². The monoisotopic (exact) mass is 266 g/mol. The Balaban J connectivity index is 2.08. The molecule has 6 heteroatoms. The van der Waals surface area contributed by atoms with E-state index in [9.17, 15) is 8.42 Å². The molecule has 0 amide bonds. The molecule has 2 fully saturated rings. The highest BCUT2D eigenvalue weighted by molar-refractivity contribution is 8.72. The quantitative estimate of drug-likeness (QED) is 0.701. The van der Waals surface area contributed by atoms with Crippen LogP contribution in [0, 0.1) is 11.8 Å². The Labute approximate surface area is 100 Å². The van der Waals surface area contributed by atoms with Crippen LogP contribution >= 0.6 is 10.8 Å². The molecule has 2 rings (SSSR count). The van der Waals surface area contributed by atoms with Crippen molar-refractivity contribution in [2.24, 2.45) is 11.8 Å². The lowest BCUT2D eigenvalue weighted by atomic mass is 9.78. The summed E-state index contributed by atoms with van der Waals surface area (Å²) in [5.74, 6) is 1.73. The lowest BCUT2D eigenvalue weighted by molar-refractivity contribution is -0.0812. The summed E-state index contributed by atoms with van der Waals surface area (Å²) in [6.07, 6.45) is 1.89. The van der Waals surface area contributed by atoms with Crippen LogP contribution in [0.1, 0.15) is 12.8 Å². The summed E-state index contributed by atoms with van der Waals surface area (Å²) in [6.45, 7) is 0. The summed E-state index contributed by atoms with van der Waals surface area (Å²) in [5, 5.41) is 0. The van der Waals surface area contributed by atoms with E-state index in [4.69, 9.17) is 9.47 Å². The van der Waals surface area contributed by atoms with Gasteiger partial charge in [-0.1, -0.05) is 0 Å². The second-order valence-electron chi connectivity index (χ2n) is 4.55. The number of ether oxygens (including phenoxy) is 2. The lowest BCUT2D eigenvalue weighted by Gasteiger charge is -2.41. The van der Waals surface area contributed by atoms with Crippen LogP contribution in [-0.2, 0) is 18.3 Å². The van der Waals surface area contributed by atoms with E-state index in [0.29, 0.717) is 17.4 Å². The predicted octanol–water partition coefficient (Wildman–Crippen LogP) is 1.12. The molecular weight excluding hydrogens is 248 g/mol. The van der Waals surface area contributed by atoms with Crippen molar-refractivity contribution in [3.8, 4) is 0 Å². The molecule has 16 heavy (non-hydrogen) atoms. The molecule has 0 aromatic rings. The molecule has 0 aromatic carbocycles. The molecule has 0 N–H and O–H groups in total. The average molecular weight is 266 g/mol. The van der Waals surface area contributed by atoms with E-state index in [1.54, 1.807) is 14.2 Å². The van der Waals surface area contributed by atoms with Crippen molar-refractivity contribution in [3.05, 3.63) is 0 Å². The fourth-order valence-electron chi connectivity index (χ4n) is 2.69. The van der Waals surface area contributed by atoms with Gasteiger partial charge < -0.3 is 9.47 Å². The first kappa shape index (κ1) is 12.7. The zero-order valence-corrected chi connectivity index (χ0v) is 11.2.